The number of nitrogens with zero attached hydrogens (tertiary/aromatic N) is 3. The highest BCUT2D eigenvalue weighted by molar-refractivity contribution is 6.10. The number of ether oxygens (including phenoxy) is 1. The molecule has 5 heterocycles. The van der Waals surface area contributed by atoms with E-state index in [9.17, 15) is 19.2 Å². The Hall–Kier alpha value is -4.41. The largest absolute Gasteiger partial charge is 0.497 e. The summed E-state index contributed by atoms with van der Waals surface area (Å²) in [5.41, 5.74) is 0.350. The molecule has 6 rings (SSSR count). The van der Waals surface area contributed by atoms with Gasteiger partial charge < -0.3 is 19.4 Å². The predicted molar refractivity (Wildman–Crippen MR) is 122 cm³/mol. The van der Waals surface area contributed by atoms with Gasteiger partial charge in [-0.25, -0.2) is 9.78 Å². The van der Waals surface area contributed by atoms with Crippen LogP contribution in [0.5, 0.6) is 5.75 Å². The fraction of sp³-hybridized carbons (Fsp3) is 0.292. The molecule has 0 saturated carbocycles. The van der Waals surface area contributed by atoms with E-state index in [4.69, 9.17) is 9.15 Å². The molecule has 0 bridgehead atoms. The highest BCUT2D eigenvalue weighted by atomic mass is 16.5. The first kappa shape index (κ1) is 21.1. The molecule has 0 spiro atoms. The van der Waals surface area contributed by atoms with Crippen molar-refractivity contribution in [2.75, 3.05) is 31.6 Å². The number of carbonyl (C=O) groups is 4. The van der Waals surface area contributed by atoms with E-state index < -0.39 is 17.2 Å². The average Bonchev–Trinajstić information content (AvgIpc) is 3.60. The van der Waals surface area contributed by atoms with Gasteiger partial charge in [-0.05, 0) is 29.8 Å². The van der Waals surface area contributed by atoms with E-state index in [-0.39, 0.29) is 30.7 Å². The van der Waals surface area contributed by atoms with Crippen molar-refractivity contribution in [3.8, 4) is 5.75 Å². The van der Waals surface area contributed by atoms with Crippen LogP contribution in [0.3, 0.4) is 0 Å². The number of hydrogen-bond donors (Lipinski definition) is 2. The van der Waals surface area contributed by atoms with Crippen molar-refractivity contribution >= 4 is 40.5 Å². The lowest BCUT2D eigenvalue weighted by molar-refractivity contribution is -0.127. The normalized spacial score (nSPS) is 21.6. The molecular weight excluding hydrogens is 454 g/mol. The third-order valence-electron chi connectivity index (χ3n) is 6.80. The highest BCUT2D eigenvalue weighted by Crippen LogP contribution is 2.39. The van der Waals surface area contributed by atoms with Crippen LogP contribution in [0.4, 0.5) is 10.6 Å². The molecular formula is C24H21N5O6. The molecule has 0 radical (unpaired) electrons. The third-order valence-corrected chi connectivity index (χ3v) is 6.80. The fourth-order valence-corrected chi connectivity index (χ4v) is 4.98. The van der Waals surface area contributed by atoms with Crippen LogP contribution < -0.4 is 20.3 Å². The Morgan fingerprint density at radius 2 is 2.03 bits per heavy atom. The van der Waals surface area contributed by atoms with Crippen molar-refractivity contribution in [1.82, 2.24) is 20.5 Å². The van der Waals surface area contributed by atoms with Crippen LogP contribution in [0.15, 0.2) is 40.9 Å². The van der Waals surface area contributed by atoms with Crippen molar-refractivity contribution in [1.29, 1.82) is 0 Å². The first-order valence-electron chi connectivity index (χ1n) is 11.1. The van der Waals surface area contributed by atoms with Crippen LogP contribution in [0.2, 0.25) is 0 Å². The molecule has 3 aliphatic rings. The van der Waals surface area contributed by atoms with Crippen LogP contribution in [0.1, 0.15) is 28.1 Å². The number of rotatable bonds is 5. The van der Waals surface area contributed by atoms with Crippen molar-refractivity contribution < 1.29 is 28.3 Å². The van der Waals surface area contributed by atoms with Gasteiger partial charge in [-0.15, -0.1) is 0 Å². The number of amides is 5. The maximum Gasteiger partial charge on any atom is 0.323 e. The monoisotopic (exact) mass is 475 g/mol. The van der Waals surface area contributed by atoms with E-state index in [1.165, 1.54) is 18.2 Å². The molecule has 11 nitrogen and oxygen atoms in total. The zero-order chi connectivity index (χ0) is 24.3. The lowest BCUT2D eigenvalue weighted by Crippen LogP contribution is -2.46. The quantitative estimate of drug-likeness (QED) is 0.532. The van der Waals surface area contributed by atoms with Crippen LogP contribution in [-0.4, -0.2) is 60.4 Å². The summed E-state index contributed by atoms with van der Waals surface area (Å²) in [7, 11) is 1.53. The molecule has 178 valence electrons. The third kappa shape index (κ3) is 3.22. The van der Waals surface area contributed by atoms with Gasteiger partial charge in [0.05, 0.1) is 19.7 Å². The lowest BCUT2D eigenvalue weighted by Gasteiger charge is -2.28. The Morgan fingerprint density at radius 1 is 1.17 bits per heavy atom. The van der Waals surface area contributed by atoms with Crippen LogP contribution in [0.25, 0.3) is 11.0 Å². The molecule has 1 atom stereocenters. The van der Waals surface area contributed by atoms with E-state index in [2.05, 4.69) is 15.6 Å². The van der Waals surface area contributed by atoms with Gasteiger partial charge in [-0.1, -0.05) is 6.07 Å². The fourth-order valence-electron chi connectivity index (χ4n) is 4.98. The Bertz CT molecular complexity index is 1430. The summed E-state index contributed by atoms with van der Waals surface area (Å²) in [6.07, 6.45) is 1.34. The van der Waals surface area contributed by atoms with Gasteiger partial charge in [0, 0.05) is 37.1 Å². The average molecular weight is 475 g/mol. The SMILES string of the molecule is COc1ccc2c(c1)C(=O)N(C[C@@]1(c3cc4cc(N5CCNC5=O)ncc4o3)CC(=O)NC1=O)C2. The van der Waals surface area contributed by atoms with Crippen molar-refractivity contribution in [2.24, 2.45) is 0 Å². The number of imide groups is 1. The van der Waals surface area contributed by atoms with Gasteiger partial charge in [0.15, 0.2) is 5.58 Å². The van der Waals surface area contributed by atoms with Gasteiger partial charge in [0.1, 0.15) is 22.7 Å². The van der Waals surface area contributed by atoms with E-state index in [0.29, 0.717) is 47.7 Å². The Labute approximate surface area is 199 Å². The number of hydrogen-bond acceptors (Lipinski definition) is 7. The summed E-state index contributed by atoms with van der Waals surface area (Å²) in [5.74, 6) is 0.0890. The van der Waals surface area contributed by atoms with Gasteiger partial charge in [0.25, 0.3) is 5.91 Å². The summed E-state index contributed by atoms with van der Waals surface area (Å²) in [5, 5.41) is 5.73. The van der Waals surface area contributed by atoms with E-state index in [0.717, 1.165) is 5.56 Å². The number of urea groups is 1. The Morgan fingerprint density at radius 3 is 2.74 bits per heavy atom. The molecule has 5 amide bonds. The number of anilines is 1. The molecule has 2 saturated heterocycles. The first-order chi connectivity index (χ1) is 16.9. The van der Waals surface area contributed by atoms with Gasteiger partial charge in [0.2, 0.25) is 11.8 Å². The molecule has 2 N–H and O–H groups in total. The van der Waals surface area contributed by atoms with Gasteiger partial charge in [-0.3, -0.25) is 24.6 Å². The molecule has 1 aromatic carbocycles. The van der Waals surface area contributed by atoms with Crippen LogP contribution >= 0.6 is 0 Å². The van der Waals surface area contributed by atoms with E-state index in [1.807, 2.05) is 6.07 Å². The van der Waals surface area contributed by atoms with Crippen molar-refractivity contribution in [3.63, 3.8) is 0 Å². The molecule has 0 aliphatic carbocycles. The minimum atomic E-state index is -1.39. The zero-order valence-corrected chi connectivity index (χ0v) is 18.8. The van der Waals surface area contributed by atoms with E-state index in [1.54, 1.807) is 29.2 Å². The molecule has 2 aromatic heterocycles. The molecule has 3 aliphatic heterocycles. The molecule has 35 heavy (non-hydrogen) atoms. The molecule has 3 aromatic rings. The summed E-state index contributed by atoms with van der Waals surface area (Å²) in [4.78, 5) is 58.1. The zero-order valence-electron chi connectivity index (χ0n) is 18.8. The number of fused-ring (bicyclic) bond motifs is 2. The summed E-state index contributed by atoms with van der Waals surface area (Å²) < 4.78 is 11.3. The first-order valence-corrected chi connectivity index (χ1v) is 11.1. The topological polar surface area (TPSA) is 134 Å². The van der Waals surface area contributed by atoms with Gasteiger partial charge >= 0.3 is 6.03 Å². The second-order valence-electron chi connectivity index (χ2n) is 8.90. The number of furan rings is 1. The summed E-state index contributed by atoms with van der Waals surface area (Å²) >= 11 is 0. The maximum absolute atomic E-state index is 13.2. The Kier molecular flexibility index (Phi) is 4.56. The number of methoxy groups -OCH3 is 1. The number of nitrogens with one attached hydrogen (secondary N) is 2. The predicted octanol–water partition coefficient (Wildman–Crippen LogP) is 1.31. The van der Waals surface area contributed by atoms with Crippen molar-refractivity contribution in [2.45, 2.75) is 18.4 Å². The number of benzene rings is 1. The smallest absolute Gasteiger partial charge is 0.323 e. The molecule has 0 unspecified atom stereocenters. The standard InChI is InChI=1S/C24H21N5O6/c1-34-15-3-2-13-11-28(21(31)16(13)8-15)12-24(9-20(30)27-22(24)32)18-6-14-7-19(26-10-17(14)35-18)29-5-4-25-23(29)33/h2-3,6-8,10H,4-5,9,11-12H2,1H3,(H,25,33)(H,27,30,32)/t24-/m1/s1. The maximum atomic E-state index is 13.2. The second kappa shape index (κ2) is 7.55. The number of aromatic nitrogens is 1. The number of pyridine rings is 1. The summed E-state index contributed by atoms with van der Waals surface area (Å²) in [6.45, 7) is 1.29. The van der Waals surface area contributed by atoms with E-state index >= 15 is 0 Å². The second-order valence-corrected chi connectivity index (χ2v) is 8.90. The summed E-state index contributed by atoms with van der Waals surface area (Å²) in [6, 6.07) is 8.43. The lowest BCUT2D eigenvalue weighted by atomic mass is 9.82. The van der Waals surface area contributed by atoms with Gasteiger partial charge in [-0.2, -0.15) is 0 Å². The van der Waals surface area contributed by atoms with Crippen LogP contribution in [0, 0.1) is 0 Å². The molecule has 11 heteroatoms. The van der Waals surface area contributed by atoms with Crippen LogP contribution in [-0.2, 0) is 21.5 Å². The number of carbonyl (C=O) groups excluding carboxylic acids is 4. The molecule has 2 fully saturated rings. The Balaban J connectivity index is 1.37. The highest BCUT2D eigenvalue weighted by Gasteiger charge is 2.53. The minimum Gasteiger partial charge on any atom is -0.497 e. The minimum absolute atomic E-state index is 0.0327. The van der Waals surface area contributed by atoms with Crippen molar-refractivity contribution in [3.05, 3.63) is 53.4 Å².